The van der Waals surface area contributed by atoms with Crippen LogP contribution in [0.15, 0.2) is 69.9 Å². The summed E-state index contributed by atoms with van der Waals surface area (Å²) in [4.78, 5) is 23.9. The molecule has 0 saturated heterocycles. The predicted octanol–water partition coefficient (Wildman–Crippen LogP) is 6.72. The minimum Gasteiger partial charge on any atom is -0.493 e. The van der Waals surface area contributed by atoms with E-state index in [1.807, 2.05) is 31.2 Å². The van der Waals surface area contributed by atoms with Gasteiger partial charge in [0.05, 0.1) is 18.8 Å². The molecule has 0 unspecified atom stereocenters. The van der Waals surface area contributed by atoms with Gasteiger partial charge in [-0.25, -0.2) is 18.4 Å². The highest BCUT2D eigenvalue weighted by Gasteiger charge is 2.27. The van der Waals surface area contributed by atoms with E-state index in [1.54, 1.807) is 24.3 Å². The quantitative estimate of drug-likeness (QED) is 0.124. The van der Waals surface area contributed by atoms with Crippen LogP contribution in [0.4, 0.5) is 8.78 Å². The molecule has 186 valence electrons. The van der Waals surface area contributed by atoms with Crippen LogP contribution in [0.5, 0.6) is 5.75 Å². The van der Waals surface area contributed by atoms with E-state index in [-0.39, 0.29) is 44.5 Å². The lowest BCUT2D eigenvalue weighted by Crippen LogP contribution is -2.18. The topological polar surface area (TPSA) is 65.7 Å². The maximum Gasteiger partial charge on any atom is 0.344 e. The van der Waals surface area contributed by atoms with Gasteiger partial charge in [-0.2, -0.15) is 0 Å². The Labute approximate surface area is 203 Å². The van der Waals surface area contributed by atoms with Crippen molar-refractivity contribution in [2.24, 2.45) is 0 Å². The highest BCUT2D eigenvalue weighted by Crippen LogP contribution is 2.28. The Kier molecular flexibility index (Phi) is 8.79. The molecule has 0 fully saturated rings. The zero-order valence-electron chi connectivity index (χ0n) is 20.1. The molecule has 1 aromatic heterocycles. The van der Waals surface area contributed by atoms with Crippen molar-refractivity contribution in [2.75, 3.05) is 13.2 Å². The summed E-state index contributed by atoms with van der Waals surface area (Å²) >= 11 is 0. The third-order valence-corrected chi connectivity index (χ3v) is 5.62. The number of carbonyl (C=O) groups is 1. The van der Waals surface area contributed by atoms with Crippen molar-refractivity contribution in [2.45, 2.75) is 51.9 Å². The molecule has 3 rings (SSSR count). The van der Waals surface area contributed by atoms with E-state index in [9.17, 15) is 18.4 Å². The van der Waals surface area contributed by atoms with Gasteiger partial charge in [-0.15, -0.1) is 0 Å². The van der Waals surface area contributed by atoms with E-state index in [0.29, 0.717) is 16.9 Å². The molecule has 2 aromatic carbocycles. The molecule has 3 aromatic rings. The normalized spacial score (nSPS) is 11.4. The Morgan fingerprint density at radius 1 is 1.03 bits per heavy atom. The first kappa shape index (κ1) is 26.1. The van der Waals surface area contributed by atoms with Gasteiger partial charge in [0.1, 0.15) is 11.3 Å². The first-order chi connectivity index (χ1) is 16.7. The molecular formula is C28H30F2O5. The van der Waals surface area contributed by atoms with Crippen LogP contribution in [0.3, 0.4) is 0 Å². The van der Waals surface area contributed by atoms with Crippen molar-refractivity contribution >= 4 is 16.9 Å². The molecule has 0 aliphatic rings. The van der Waals surface area contributed by atoms with Gasteiger partial charge in [-0.3, -0.25) is 0 Å². The van der Waals surface area contributed by atoms with E-state index in [4.69, 9.17) is 13.9 Å². The zero-order valence-corrected chi connectivity index (χ0v) is 20.1. The first-order valence-corrected chi connectivity index (χ1v) is 11.7. The van der Waals surface area contributed by atoms with Gasteiger partial charge in [0, 0.05) is 29.9 Å². The Morgan fingerprint density at radius 2 is 1.74 bits per heavy atom. The molecular weight excluding hydrogens is 454 g/mol. The minimum atomic E-state index is -2.87. The summed E-state index contributed by atoms with van der Waals surface area (Å²) in [6.45, 7) is 7.01. The number of benzene rings is 2. The number of carbonyl (C=O) groups excluding carboxylic acids is 1. The summed E-state index contributed by atoms with van der Waals surface area (Å²) in [5.41, 5.74) is 2.58. The van der Waals surface area contributed by atoms with Gasteiger partial charge in [-0.1, -0.05) is 37.8 Å². The van der Waals surface area contributed by atoms with Gasteiger partial charge in [0.15, 0.2) is 0 Å². The highest BCUT2D eigenvalue weighted by molar-refractivity contribution is 5.87. The second-order valence-electron chi connectivity index (χ2n) is 8.49. The smallest absolute Gasteiger partial charge is 0.344 e. The van der Waals surface area contributed by atoms with Crippen LogP contribution in [0, 0.1) is 0 Å². The number of esters is 1. The molecule has 0 bridgehead atoms. The van der Waals surface area contributed by atoms with Crippen LogP contribution in [0.2, 0.25) is 0 Å². The summed E-state index contributed by atoms with van der Waals surface area (Å²) in [5.74, 6) is -3.01. The average molecular weight is 485 g/mol. The molecule has 0 atom stereocenters. The van der Waals surface area contributed by atoms with E-state index in [0.717, 1.165) is 22.9 Å². The van der Waals surface area contributed by atoms with Gasteiger partial charge < -0.3 is 13.9 Å². The third-order valence-electron chi connectivity index (χ3n) is 5.62. The van der Waals surface area contributed by atoms with Gasteiger partial charge in [0.25, 0.3) is 0 Å². The standard InChI is InChI=1S/C28H30F2O5/c1-4-20-9-5-6-10-23(20)24-17-21-11-12-22(18-25(21)35-27(24)32)33-15-7-13-28(29,30)14-8-16-34-26(31)19(2)3/h5-6,9-12,17-18H,2,4,7-8,13-16H2,1,3H3. The van der Waals surface area contributed by atoms with E-state index < -0.39 is 17.5 Å². The van der Waals surface area contributed by atoms with Crippen molar-refractivity contribution in [3.05, 3.63) is 76.7 Å². The van der Waals surface area contributed by atoms with Crippen LogP contribution in [0.1, 0.15) is 45.1 Å². The fourth-order valence-electron chi connectivity index (χ4n) is 3.73. The molecule has 0 spiro atoms. The molecule has 0 amide bonds. The monoisotopic (exact) mass is 484 g/mol. The number of ether oxygens (including phenoxy) is 2. The summed E-state index contributed by atoms with van der Waals surface area (Å²) in [6.07, 6.45) is 0.294. The molecule has 35 heavy (non-hydrogen) atoms. The van der Waals surface area contributed by atoms with Crippen LogP contribution < -0.4 is 10.4 Å². The second-order valence-corrected chi connectivity index (χ2v) is 8.49. The number of rotatable bonds is 12. The van der Waals surface area contributed by atoms with Crippen molar-refractivity contribution in [3.8, 4) is 16.9 Å². The molecule has 0 aliphatic carbocycles. The Balaban J connectivity index is 1.54. The minimum absolute atomic E-state index is 0.0637. The van der Waals surface area contributed by atoms with E-state index >= 15 is 0 Å². The summed E-state index contributed by atoms with van der Waals surface area (Å²) in [5, 5.41) is 0.747. The number of alkyl halides is 2. The lowest BCUT2D eigenvalue weighted by atomic mass is 9.98. The molecule has 5 nitrogen and oxygen atoms in total. The average Bonchev–Trinajstić information content (AvgIpc) is 2.83. The summed E-state index contributed by atoms with van der Waals surface area (Å²) in [7, 11) is 0. The van der Waals surface area contributed by atoms with Crippen molar-refractivity contribution < 1.29 is 27.5 Å². The largest absolute Gasteiger partial charge is 0.493 e. The van der Waals surface area contributed by atoms with Gasteiger partial charge in [0.2, 0.25) is 5.92 Å². The lowest BCUT2D eigenvalue weighted by molar-refractivity contribution is -0.139. The Hall–Kier alpha value is -3.48. The maximum atomic E-state index is 14.1. The number of hydrogen-bond acceptors (Lipinski definition) is 5. The third kappa shape index (κ3) is 7.25. The SMILES string of the molecule is C=C(C)C(=O)OCCCC(F)(F)CCCOc1ccc2cc(-c3ccccc3CC)c(=O)oc2c1. The molecule has 7 heteroatoms. The molecule has 0 radical (unpaired) electrons. The Morgan fingerprint density at radius 3 is 2.46 bits per heavy atom. The molecule has 0 aliphatic heterocycles. The van der Waals surface area contributed by atoms with Crippen LogP contribution in [0.25, 0.3) is 22.1 Å². The second kappa shape index (κ2) is 11.8. The zero-order chi connectivity index (χ0) is 25.4. The number of aryl methyl sites for hydroxylation is 1. The van der Waals surface area contributed by atoms with Crippen molar-refractivity contribution in [3.63, 3.8) is 0 Å². The van der Waals surface area contributed by atoms with Crippen LogP contribution in [-0.2, 0) is 16.0 Å². The number of fused-ring (bicyclic) bond motifs is 1. The lowest BCUT2D eigenvalue weighted by Gasteiger charge is -2.16. The molecule has 1 heterocycles. The van der Waals surface area contributed by atoms with Crippen LogP contribution >= 0.6 is 0 Å². The highest BCUT2D eigenvalue weighted by atomic mass is 19.3. The maximum absolute atomic E-state index is 14.1. The fraction of sp³-hybridized carbons (Fsp3) is 0.357. The van der Waals surface area contributed by atoms with Gasteiger partial charge in [-0.05, 0) is 55.5 Å². The van der Waals surface area contributed by atoms with Gasteiger partial charge >= 0.3 is 11.6 Å². The van der Waals surface area contributed by atoms with Crippen molar-refractivity contribution in [1.82, 2.24) is 0 Å². The van der Waals surface area contributed by atoms with E-state index in [2.05, 4.69) is 6.58 Å². The number of hydrogen-bond donors (Lipinski definition) is 0. The van der Waals surface area contributed by atoms with Crippen molar-refractivity contribution in [1.29, 1.82) is 0 Å². The predicted molar refractivity (Wildman–Crippen MR) is 132 cm³/mol. The molecule has 0 saturated carbocycles. The molecule has 0 N–H and O–H groups in total. The van der Waals surface area contributed by atoms with E-state index in [1.165, 1.54) is 6.92 Å². The summed E-state index contributed by atoms with van der Waals surface area (Å²) in [6, 6.07) is 14.6. The Bertz CT molecular complexity index is 1250. The van der Waals surface area contributed by atoms with Crippen LogP contribution in [-0.4, -0.2) is 25.1 Å². The fourth-order valence-corrected chi connectivity index (χ4v) is 3.73. The number of halogens is 2. The first-order valence-electron chi connectivity index (χ1n) is 11.7. The summed E-state index contributed by atoms with van der Waals surface area (Å²) < 4.78 is 44.1.